The van der Waals surface area contributed by atoms with Gasteiger partial charge in [0.15, 0.2) is 11.6 Å². The number of hydrogen-bond acceptors (Lipinski definition) is 4. The lowest BCUT2D eigenvalue weighted by atomic mass is 9.93. The Morgan fingerprint density at radius 1 is 1.03 bits per heavy atom. The Kier molecular flexibility index (Phi) is 5.47. The maximum atomic E-state index is 11.7. The van der Waals surface area contributed by atoms with E-state index in [-0.39, 0.29) is 5.78 Å². The summed E-state index contributed by atoms with van der Waals surface area (Å²) < 4.78 is 8.04. The van der Waals surface area contributed by atoms with E-state index in [2.05, 4.69) is 20.8 Å². The molecule has 1 heterocycles. The van der Waals surface area contributed by atoms with Gasteiger partial charge >= 0.3 is 0 Å². The number of ether oxygens (including phenoxy) is 1. The molecule has 1 aliphatic rings. The molecular weight excluding hydrogens is 362 g/mol. The van der Waals surface area contributed by atoms with Gasteiger partial charge in [0.05, 0.1) is 12.7 Å². The summed E-state index contributed by atoms with van der Waals surface area (Å²) in [5.74, 6) is 2.64. The van der Waals surface area contributed by atoms with Gasteiger partial charge in [0.1, 0.15) is 11.6 Å². The molecule has 0 aliphatic heterocycles. The molecule has 0 amide bonds. The Morgan fingerprint density at radius 2 is 1.76 bits per heavy atom. The zero-order valence-electron chi connectivity index (χ0n) is 17.3. The van der Waals surface area contributed by atoms with Gasteiger partial charge in [-0.15, -0.1) is 10.2 Å². The van der Waals surface area contributed by atoms with E-state index in [4.69, 9.17) is 4.74 Å². The fraction of sp³-hybridized carbons (Fsp3) is 0.375. The van der Waals surface area contributed by atoms with E-state index in [1.54, 1.807) is 14.0 Å². The van der Waals surface area contributed by atoms with Gasteiger partial charge in [-0.1, -0.05) is 55.7 Å². The minimum atomic E-state index is 0.0649. The molecule has 0 atom stereocenters. The number of aromatic nitrogens is 3. The Labute approximate surface area is 171 Å². The van der Waals surface area contributed by atoms with Gasteiger partial charge in [0.25, 0.3) is 0 Å². The number of ketones is 1. The maximum Gasteiger partial charge on any atom is 0.168 e. The van der Waals surface area contributed by atoms with E-state index in [1.807, 2.05) is 43.3 Å². The monoisotopic (exact) mass is 389 g/mol. The third kappa shape index (κ3) is 3.69. The van der Waals surface area contributed by atoms with Crippen molar-refractivity contribution in [3.63, 3.8) is 0 Å². The number of benzene rings is 2. The Hall–Kier alpha value is -2.95. The number of aryl methyl sites for hydroxylation is 1. The van der Waals surface area contributed by atoms with Crippen LogP contribution in [0.1, 0.15) is 61.3 Å². The van der Waals surface area contributed by atoms with Crippen LogP contribution in [0.5, 0.6) is 5.75 Å². The highest BCUT2D eigenvalue weighted by Gasteiger charge is 2.25. The lowest BCUT2D eigenvalue weighted by Crippen LogP contribution is -2.15. The second kappa shape index (κ2) is 8.19. The first-order chi connectivity index (χ1) is 14.1. The number of methoxy groups -OCH3 is 1. The third-order valence-corrected chi connectivity index (χ3v) is 5.88. The molecule has 2 aromatic carbocycles. The summed E-state index contributed by atoms with van der Waals surface area (Å²) in [6.07, 6.45) is 6.10. The van der Waals surface area contributed by atoms with Crippen LogP contribution in [-0.4, -0.2) is 27.7 Å². The molecule has 5 nitrogen and oxygen atoms in total. The van der Waals surface area contributed by atoms with Gasteiger partial charge in [0, 0.05) is 11.6 Å². The summed E-state index contributed by atoms with van der Waals surface area (Å²) in [6.45, 7) is 3.61. The average molecular weight is 389 g/mol. The van der Waals surface area contributed by atoms with Gasteiger partial charge in [-0.3, -0.25) is 4.79 Å². The predicted octanol–water partition coefficient (Wildman–Crippen LogP) is 5.64. The number of hydrogen-bond donors (Lipinski definition) is 0. The zero-order valence-corrected chi connectivity index (χ0v) is 17.3. The fourth-order valence-corrected chi connectivity index (χ4v) is 4.37. The van der Waals surface area contributed by atoms with Crippen molar-refractivity contribution in [1.82, 2.24) is 14.8 Å². The van der Waals surface area contributed by atoms with Crippen LogP contribution in [0.15, 0.2) is 42.5 Å². The second-order valence-corrected chi connectivity index (χ2v) is 7.75. The lowest BCUT2D eigenvalue weighted by Gasteiger charge is -2.26. The predicted molar refractivity (Wildman–Crippen MR) is 114 cm³/mol. The van der Waals surface area contributed by atoms with E-state index in [1.165, 1.54) is 19.3 Å². The lowest BCUT2D eigenvalue weighted by molar-refractivity contribution is 0.101. The van der Waals surface area contributed by atoms with Crippen molar-refractivity contribution in [3.8, 4) is 28.3 Å². The summed E-state index contributed by atoms with van der Waals surface area (Å²) in [5.41, 5.74) is 3.72. The molecule has 0 bridgehead atoms. The smallest absolute Gasteiger partial charge is 0.168 e. The Balaban J connectivity index is 1.87. The van der Waals surface area contributed by atoms with Gasteiger partial charge in [-0.05, 0) is 43.9 Å². The van der Waals surface area contributed by atoms with E-state index >= 15 is 0 Å². The highest BCUT2D eigenvalue weighted by atomic mass is 16.5. The quantitative estimate of drug-likeness (QED) is 0.530. The first-order valence-electron chi connectivity index (χ1n) is 10.3. The summed E-state index contributed by atoms with van der Waals surface area (Å²) >= 11 is 0. The highest BCUT2D eigenvalue weighted by Crippen LogP contribution is 2.41. The van der Waals surface area contributed by atoms with Gasteiger partial charge in [-0.2, -0.15) is 0 Å². The molecule has 4 rings (SSSR count). The normalized spacial score (nSPS) is 14.7. The van der Waals surface area contributed by atoms with Crippen molar-refractivity contribution in [2.75, 3.05) is 7.11 Å². The number of carbonyl (C=O) groups is 1. The van der Waals surface area contributed by atoms with Crippen molar-refractivity contribution in [2.24, 2.45) is 0 Å². The molecule has 0 N–H and O–H groups in total. The largest absolute Gasteiger partial charge is 0.496 e. The van der Waals surface area contributed by atoms with Crippen molar-refractivity contribution < 1.29 is 9.53 Å². The summed E-state index contributed by atoms with van der Waals surface area (Å²) in [7, 11) is 1.69. The fourth-order valence-electron chi connectivity index (χ4n) is 4.37. The molecule has 5 heteroatoms. The summed E-state index contributed by atoms with van der Waals surface area (Å²) in [5, 5.41) is 9.01. The number of nitrogens with zero attached hydrogens (tertiary/aromatic N) is 3. The van der Waals surface area contributed by atoms with E-state index in [0.717, 1.165) is 46.9 Å². The van der Waals surface area contributed by atoms with E-state index in [0.29, 0.717) is 11.6 Å². The molecule has 29 heavy (non-hydrogen) atoms. The van der Waals surface area contributed by atoms with Gasteiger partial charge in [-0.25, -0.2) is 0 Å². The molecule has 150 valence electrons. The molecule has 0 saturated heterocycles. The van der Waals surface area contributed by atoms with Crippen LogP contribution >= 0.6 is 0 Å². The molecule has 3 aromatic rings. The first-order valence-corrected chi connectivity index (χ1v) is 10.3. The summed E-state index contributed by atoms with van der Waals surface area (Å²) in [6, 6.07) is 14.2. The number of carbonyl (C=O) groups excluding carboxylic acids is 1. The molecular formula is C24H27N3O2. The average Bonchev–Trinajstić information content (AvgIpc) is 3.14. The highest BCUT2D eigenvalue weighted by molar-refractivity contribution is 5.95. The maximum absolute atomic E-state index is 11.7. The molecule has 1 fully saturated rings. The Bertz CT molecular complexity index is 1020. The minimum absolute atomic E-state index is 0.0649. The molecule has 1 aliphatic carbocycles. The van der Waals surface area contributed by atoms with Crippen molar-refractivity contribution in [3.05, 3.63) is 53.9 Å². The van der Waals surface area contributed by atoms with Crippen LogP contribution in [0, 0.1) is 6.92 Å². The molecule has 1 aromatic heterocycles. The van der Waals surface area contributed by atoms with Crippen molar-refractivity contribution in [1.29, 1.82) is 0 Å². The minimum Gasteiger partial charge on any atom is -0.496 e. The van der Waals surface area contributed by atoms with Crippen LogP contribution in [0.3, 0.4) is 0 Å². The van der Waals surface area contributed by atoms with Crippen molar-refractivity contribution in [2.45, 2.75) is 52.0 Å². The van der Waals surface area contributed by atoms with Crippen LogP contribution in [0.2, 0.25) is 0 Å². The number of Topliss-reactive ketones (excluding diaryl/α,β-unsaturated/α-hetero) is 1. The molecule has 0 radical (unpaired) electrons. The molecule has 0 unspecified atom stereocenters. The van der Waals surface area contributed by atoms with Crippen molar-refractivity contribution >= 4 is 5.78 Å². The Morgan fingerprint density at radius 3 is 2.41 bits per heavy atom. The SMILES string of the molecule is COc1cccc(-c2ccc(C(C)=O)cc2)c1-c1nnc(C)n1C1CCCCC1. The van der Waals surface area contributed by atoms with Crippen LogP contribution in [0.4, 0.5) is 0 Å². The van der Waals surface area contributed by atoms with Crippen LogP contribution in [-0.2, 0) is 0 Å². The number of rotatable bonds is 5. The van der Waals surface area contributed by atoms with E-state index < -0.39 is 0 Å². The van der Waals surface area contributed by atoms with Gasteiger partial charge < -0.3 is 9.30 Å². The van der Waals surface area contributed by atoms with E-state index in [9.17, 15) is 4.79 Å². The topological polar surface area (TPSA) is 57.0 Å². The first kappa shape index (κ1) is 19.4. The van der Waals surface area contributed by atoms with Crippen LogP contribution in [0.25, 0.3) is 22.5 Å². The molecule has 1 saturated carbocycles. The summed E-state index contributed by atoms with van der Waals surface area (Å²) in [4.78, 5) is 11.7. The standard InChI is InChI=1S/C24H27N3O2/c1-16(28)18-12-14-19(15-13-18)21-10-7-11-22(29-3)23(21)24-26-25-17(2)27(24)20-8-5-4-6-9-20/h7,10-15,20H,4-6,8-9H2,1-3H3. The second-order valence-electron chi connectivity index (χ2n) is 7.75. The third-order valence-electron chi connectivity index (χ3n) is 5.88. The van der Waals surface area contributed by atoms with Gasteiger partial charge in [0.2, 0.25) is 0 Å². The van der Waals surface area contributed by atoms with Crippen LogP contribution < -0.4 is 4.74 Å². The zero-order chi connectivity index (χ0) is 20.4. The molecule has 0 spiro atoms.